The lowest BCUT2D eigenvalue weighted by Gasteiger charge is -2.17. The van der Waals surface area contributed by atoms with E-state index in [0.717, 1.165) is 10.9 Å². The molecule has 1 aliphatic heterocycles. The molecule has 0 spiro atoms. The first-order chi connectivity index (χ1) is 14.3. The Morgan fingerprint density at radius 2 is 1.87 bits per heavy atom. The summed E-state index contributed by atoms with van der Waals surface area (Å²) in [5.41, 5.74) is 1.30. The average Bonchev–Trinajstić information content (AvgIpc) is 3.29. The number of hydrogen-bond acceptors (Lipinski definition) is 5. The summed E-state index contributed by atoms with van der Waals surface area (Å²) >= 11 is 0. The minimum atomic E-state index is -3.66. The van der Waals surface area contributed by atoms with E-state index in [-0.39, 0.29) is 29.8 Å². The Morgan fingerprint density at radius 3 is 2.53 bits per heavy atom. The summed E-state index contributed by atoms with van der Waals surface area (Å²) in [6, 6.07) is 13.6. The van der Waals surface area contributed by atoms with Gasteiger partial charge in [-0.3, -0.25) is 9.48 Å². The monoisotopic (exact) mass is 429 g/mol. The number of ether oxygens (including phenoxy) is 1. The fourth-order valence-corrected chi connectivity index (χ4v) is 5.56. The Morgan fingerprint density at radius 1 is 1.17 bits per heavy atom. The first kappa shape index (κ1) is 20.4. The highest BCUT2D eigenvalue weighted by Gasteiger charge is 2.39. The van der Waals surface area contributed by atoms with Crippen LogP contribution >= 0.6 is 0 Å². The quantitative estimate of drug-likeness (QED) is 0.646. The number of benzene rings is 2. The Labute approximate surface area is 174 Å². The van der Waals surface area contributed by atoms with Crippen molar-refractivity contribution in [3.8, 4) is 5.75 Å². The number of hydrogen-bond donors (Lipinski definition) is 1. The summed E-state index contributed by atoms with van der Waals surface area (Å²) in [4.78, 5) is 11.5. The van der Waals surface area contributed by atoms with Crippen LogP contribution in [0.2, 0.25) is 0 Å². The van der Waals surface area contributed by atoms with Gasteiger partial charge in [0.2, 0.25) is 10.0 Å². The van der Waals surface area contributed by atoms with E-state index in [1.165, 1.54) is 11.4 Å². The van der Waals surface area contributed by atoms with Gasteiger partial charge >= 0.3 is 5.97 Å². The number of carbonyl (C=O) groups is 1. The van der Waals surface area contributed by atoms with Crippen LogP contribution in [0.1, 0.15) is 18.7 Å². The van der Waals surface area contributed by atoms with Crippen molar-refractivity contribution in [2.75, 3.05) is 20.2 Å². The molecule has 1 N–H and O–H groups in total. The third-order valence-electron chi connectivity index (χ3n) is 5.56. The zero-order valence-electron chi connectivity index (χ0n) is 16.7. The first-order valence-corrected chi connectivity index (χ1v) is 11.1. The SMILES string of the molecule is COc1ccc(S(=O)(=O)N2C[C@@H](C)[C@@H](n3nc(CC(=O)O)c4ccccc43)C2)cc1. The van der Waals surface area contributed by atoms with Crippen LogP contribution in [0.25, 0.3) is 10.9 Å². The molecule has 2 heterocycles. The van der Waals surface area contributed by atoms with Crippen molar-refractivity contribution in [3.63, 3.8) is 0 Å². The molecule has 0 amide bonds. The molecular weight excluding hydrogens is 406 g/mol. The molecule has 1 aromatic heterocycles. The van der Waals surface area contributed by atoms with Crippen molar-refractivity contribution in [2.45, 2.75) is 24.3 Å². The number of carboxylic acids is 1. The number of aliphatic carboxylic acids is 1. The van der Waals surface area contributed by atoms with E-state index in [1.54, 1.807) is 28.9 Å². The Kier molecular flexibility index (Phi) is 5.25. The van der Waals surface area contributed by atoms with Crippen molar-refractivity contribution < 1.29 is 23.1 Å². The largest absolute Gasteiger partial charge is 0.497 e. The molecule has 158 valence electrons. The van der Waals surface area contributed by atoms with Crippen LogP contribution < -0.4 is 4.74 Å². The van der Waals surface area contributed by atoms with Gasteiger partial charge in [0, 0.05) is 18.5 Å². The summed E-state index contributed by atoms with van der Waals surface area (Å²) < 4.78 is 34.7. The molecule has 4 rings (SSSR count). The van der Waals surface area contributed by atoms with E-state index in [2.05, 4.69) is 5.10 Å². The lowest BCUT2D eigenvalue weighted by Crippen LogP contribution is -2.29. The van der Waals surface area contributed by atoms with E-state index in [4.69, 9.17) is 4.74 Å². The lowest BCUT2D eigenvalue weighted by atomic mass is 10.1. The Bertz CT molecular complexity index is 1190. The van der Waals surface area contributed by atoms with Gasteiger partial charge in [-0.05, 0) is 36.2 Å². The van der Waals surface area contributed by atoms with Gasteiger partial charge in [-0.25, -0.2) is 8.42 Å². The standard InChI is InChI=1S/C21H23N3O5S/c1-14-12-23(30(27,28)16-9-7-15(29-2)8-10-16)13-20(14)24-19-6-4-3-5-17(19)18(22-24)11-21(25)26/h3-10,14,20H,11-13H2,1-2H3,(H,25,26)/t14-,20+/m1/s1. The van der Waals surface area contributed by atoms with E-state index >= 15 is 0 Å². The summed E-state index contributed by atoms with van der Waals surface area (Å²) in [5.74, 6) is -0.344. The molecule has 0 bridgehead atoms. The molecule has 0 radical (unpaired) electrons. The minimum Gasteiger partial charge on any atom is -0.497 e. The number of sulfonamides is 1. The maximum absolute atomic E-state index is 13.1. The molecule has 0 unspecified atom stereocenters. The highest BCUT2D eigenvalue weighted by atomic mass is 32.2. The molecule has 3 aromatic rings. The third kappa shape index (κ3) is 3.54. The van der Waals surface area contributed by atoms with E-state index in [9.17, 15) is 18.3 Å². The number of para-hydroxylation sites is 1. The number of carboxylic acid groups (broad SMARTS) is 1. The number of nitrogens with zero attached hydrogens (tertiary/aromatic N) is 3. The van der Waals surface area contributed by atoms with Gasteiger partial charge < -0.3 is 9.84 Å². The fourth-order valence-electron chi connectivity index (χ4n) is 4.00. The first-order valence-electron chi connectivity index (χ1n) is 9.63. The molecule has 1 saturated heterocycles. The maximum Gasteiger partial charge on any atom is 0.309 e. The lowest BCUT2D eigenvalue weighted by molar-refractivity contribution is -0.136. The van der Waals surface area contributed by atoms with Crippen LogP contribution in [0.15, 0.2) is 53.4 Å². The molecule has 8 nitrogen and oxygen atoms in total. The van der Waals surface area contributed by atoms with Crippen LogP contribution in [0, 0.1) is 5.92 Å². The predicted octanol–water partition coefficient (Wildman–Crippen LogP) is 2.55. The third-order valence-corrected chi connectivity index (χ3v) is 7.41. The zero-order valence-corrected chi connectivity index (χ0v) is 17.5. The molecular formula is C21H23N3O5S. The van der Waals surface area contributed by atoms with Gasteiger partial charge in [-0.15, -0.1) is 0 Å². The van der Waals surface area contributed by atoms with E-state index in [1.807, 2.05) is 31.2 Å². The van der Waals surface area contributed by atoms with Crippen molar-refractivity contribution >= 4 is 26.9 Å². The molecule has 2 atom stereocenters. The molecule has 1 fully saturated rings. The van der Waals surface area contributed by atoms with Crippen LogP contribution in [0.4, 0.5) is 0 Å². The van der Waals surface area contributed by atoms with Gasteiger partial charge in [0.05, 0.1) is 35.7 Å². The van der Waals surface area contributed by atoms with Crippen LogP contribution in [0.3, 0.4) is 0 Å². The Hall–Kier alpha value is -2.91. The van der Waals surface area contributed by atoms with Crippen molar-refractivity contribution in [2.24, 2.45) is 5.92 Å². The Balaban J connectivity index is 1.67. The molecule has 0 aliphatic carbocycles. The van der Waals surface area contributed by atoms with Gasteiger partial charge in [0.15, 0.2) is 0 Å². The second-order valence-corrected chi connectivity index (χ2v) is 9.46. The van der Waals surface area contributed by atoms with Crippen LogP contribution in [-0.4, -0.2) is 53.8 Å². The van der Waals surface area contributed by atoms with E-state index in [0.29, 0.717) is 18.0 Å². The molecule has 1 aliphatic rings. The highest BCUT2D eigenvalue weighted by molar-refractivity contribution is 7.89. The van der Waals surface area contributed by atoms with Crippen molar-refractivity contribution in [1.82, 2.24) is 14.1 Å². The second kappa shape index (κ2) is 7.73. The fraction of sp³-hybridized carbons (Fsp3) is 0.333. The van der Waals surface area contributed by atoms with Gasteiger partial charge in [0.1, 0.15) is 5.75 Å². The molecule has 0 saturated carbocycles. The van der Waals surface area contributed by atoms with Crippen LogP contribution in [0.5, 0.6) is 5.75 Å². The van der Waals surface area contributed by atoms with Gasteiger partial charge in [-0.2, -0.15) is 9.40 Å². The summed E-state index contributed by atoms with van der Waals surface area (Å²) in [6.45, 7) is 2.62. The minimum absolute atomic E-state index is 0.0130. The van der Waals surface area contributed by atoms with E-state index < -0.39 is 16.0 Å². The topological polar surface area (TPSA) is 102 Å². The molecule has 9 heteroatoms. The van der Waals surface area contributed by atoms with Crippen molar-refractivity contribution in [3.05, 3.63) is 54.2 Å². The summed E-state index contributed by atoms with van der Waals surface area (Å²) in [7, 11) is -2.13. The highest BCUT2D eigenvalue weighted by Crippen LogP contribution is 2.34. The average molecular weight is 429 g/mol. The second-order valence-electron chi connectivity index (χ2n) is 7.52. The number of fused-ring (bicyclic) bond motifs is 1. The summed E-state index contributed by atoms with van der Waals surface area (Å²) in [6.07, 6.45) is -0.178. The van der Waals surface area contributed by atoms with Gasteiger partial charge in [0.25, 0.3) is 0 Å². The number of aromatic nitrogens is 2. The van der Waals surface area contributed by atoms with Gasteiger partial charge in [-0.1, -0.05) is 25.1 Å². The number of rotatable bonds is 6. The smallest absolute Gasteiger partial charge is 0.309 e. The molecule has 30 heavy (non-hydrogen) atoms. The van der Waals surface area contributed by atoms with Crippen LogP contribution in [-0.2, 0) is 21.2 Å². The van der Waals surface area contributed by atoms with Crippen molar-refractivity contribution in [1.29, 1.82) is 0 Å². The summed E-state index contributed by atoms with van der Waals surface area (Å²) in [5, 5.41) is 14.6. The number of methoxy groups -OCH3 is 1. The zero-order chi connectivity index (χ0) is 21.5. The predicted molar refractivity (Wildman–Crippen MR) is 111 cm³/mol. The molecule has 2 aromatic carbocycles. The normalized spacial score (nSPS) is 19.9. The maximum atomic E-state index is 13.1.